The second-order valence-electron chi connectivity index (χ2n) is 6.64. The van der Waals surface area contributed by atoms with Crippen LogP contribution in [0.4, 0.5) is 0 Å². The van der Waals surface area contributed by atoms with Crippen LogP contribution in [0.1, 0.15) is 62.7 Å². The third-order valence-corrected chi connectivity index (χ3v) is 6.53. The molecule has 1 fully saturated rings. The number of carbonyl (C=O) groups is 1. The lowest BCUT2D eigenvalue weighted by atomic mass is 10.1. The highest BCUT2D eigenvalue weighted by Gasteiger charge is 2.28. The van der Waals surface area contributed by atoms with Crippen LogP contribution in [0, 0.1) is 0 Å². The van der Waals surface area contributed by atoms with Gasteiger partial charge in [0, 0.05) is 31.7 Å². The maximum atomic E-state index is 12.9. The lowest BCUT2D eigenvalue weighted by molar-refractivity contribution is 0.0751. The molecular formula is C19H30N2O3S. The first kappa shape index (κ1) is 19.9. The number of carbonyl (C=O) groups excluding carboxylic acids is 1. The van der Waals surface area contributed by atoms with Crippen LogP contribution < -0.4 is 0 Å². The Kier molecular flexibility index (Phi) is 7.44. The molecule has 2 rings (SSSR count). The molecule has 0 aliphatic carbocycles. The lowest BCUT2D eigenvalue weighted by Gasteiger charge is -2.23. The predicted molar refractivity (Wildman–Crippen MR) is 100 cm³/mol. The molecule has 1 saturated heterocycles. The van der Waals surface area contributed by atoms with Crippen molar-refractivity contribution in [3.05, 3.63) is 29.8 Å². The smallest absolute Gasteiger partial charge is 0.253 e. The molecule has 0 atom stereocenters. The largest absolute Gasteiger partial charge is 0.339 e. The summed E-state index contributed by atoms with van der Waals surface area (Å²) in [4.78, 5) is 15.0. The number of sulfonamides is 1. The predicted octanol–water partition coefficient (Wildman–Crippen LogP) is 3.51. The van der Waals surface area contributed by atoms with Gasteiger partial charge in [-0.15, -0.1) is 0 Å². The van der Waals surface area contributed by atoms with Crippen molar-refractivity contribution in [2.45, 2.75) is 57.3 Å². The Morgan fingerprint density at radius 1 is 1.08 bits per heavy atom. The summed E-state index contributed by atoms with van der Waals surface area (Å²) in [5.41, 5.74) is 0.465. The summed E-state index contributed by atoms with van der Waals surface area (Å²) < 4.78 is 27.0. The standard InChI is InChI=1S/C19H30N2O3S/c1-3-5-12-20(13-6-4-2)19(22)17-10-9-11-18(16-17)25(23,24)21-14-7-8-15-21/h9-11,16H,3-8,12-15H2,1-2H3. The molecule has 0 N–H and O–H groups in total. The van der Waals surface area contributed by atoms with Crippen LogP contribution in [0.3, 0.4) is 0 Å². The van der Waals surface area contributed by atoms with E-state index in [9.17, 15) is 13.2 Å². The highest BCUT2D eigenvalue weighted by Crippen LogP contribution is 2.22. The second kappa shape index (κ2) is 9.34. The van der Waals surface area contributed by atoms with Crippen molar-refractivity contribution in [2.24, 2.45) is 0 Å². The summed E-state index contributed by atoms with van der Waals surface area (Å²) >= 11 is 0. The van der Waals surface area contributed by atoms with Crippen LogP contribution in [-0.4, -0.2) is 49.7 Å². The van der Waals surface area contributed by atoms with E-state index in [1.165, 1.54) is 4.31 Å². The van der Waals surface area contributed by atoms with E-state index in [1.807, 2.05) is 4.90 Å². The Labute approximate surface area is 152 Å². The number of hydrogen-bond donors (Lipinski definition) is 0. The van der Waals surface area contributed by atoms with Crippen LogP contribution >= 0.6 is 0 Å². The van der Waals surface area contributed by atoms with Gasteiger partial charge in [0.15, 0.2) is 0 Å². The molecule has 1 aromatic carbocycles. The third kappa shape index (κ3) is 5.05. The molecule has 1 heterocycles. The summed E-state index contributed by atoms with van der Waals surface area (Å²) in [5, 5.41) is 0. The monoisotopic (exact) mass is 366 g/mol. The van der Waals surface area contributed by atoms with E-state index in [0.29, 0.717) is 18.7 Å². The van der Waals surface area contributed by atoms with Gasteiger partial charge >= 0.3 is 0 Å². The Morgan fingerprint density at radius 2 is 1.68 bits per heavy atom. The fourth-order valence-electron chi connectivity index (χ4n) is 3.06. The van der Waals surface area contributed by atoms with E-state index in [0.717, 1.165) is 51.6 Å². The summed E-state index contributed by atoms with van der Waals surface area (Å²) in [7, 11) is -3.49. The number of benzene rings is 1. The van der Waals surface area contributed by atoms with Crippen LogP contribution in [0.2, 0.25) is 0 Å². The molecule has 6 heteroatoms. The van der Waals surface area contributed by atoms with Gasteiger partial charge in [0.1, 0.15) is 0 Å². The van der Waals surface area contributed by atoms with Crippen molar-refractivity contribution in [3.63, 3.8) is 0 Å². The zero-order chi connectivity index (χ0) is 18.3. The fraction of sp³-hybridized carbons (Fsp3) is 0.632. The van der Waals surface area contributed by atoms with Crippen LogP contribution in [-0.2, 0) is 10.0 Å². The minimum absolute atomic E-state index is 0.0691. The number of unbranched alkanes of at least 4 members (excludes halogenated alkanes) is 2. The Morgan fingerprint density at radius 3 is 2.24 bits per heavy atom. The molecule has 1 aromatic rings. The SMILES string of the molecule is CCCCN(CCCC)C(=O)c1cccc(S(=O)(=O)N2CCCC2)c1. The van der Waals surface area contributed by atoms with E-state index in [-0.39, 0.29) is 10.8 Å². The van der Waals surface area contributed by atoms with E-state index in [2.05, 4.69) is 13.8 Å². The maximum Gasteiger partial charge on any atom is 0.253 e. The Balaban J connectivity index is 2.21. The van der Waals surface area contributed by atoms with Gasteiger partial charge in [0.2, 0.25) is 10.0 Å². The molecule has 0 unspecified atom stereocenters. The summed E-state index contributed by atoms with van der Waals surface area (Å²) in [6.45, 7) is 6.79. The van der Waals surface area contributed by atoms with Crippen molar-refractivity contribution >= 4 is 15.9 Å². The summed E-state index contributed by atoms with van der Waals surface area (Å²) in [6.07, 6.45) is 5.78. The lowest BCUT2D eigenvalue weighted by Crippen LogP contribution is -2.33. The van der Waals surface area contributed by atoms with Gasteiger partial charge in [-0.1, -0.05) is 32.8 Å². The van der Waals surface area contributed by atoms with Crippen molar-refractivity contribution in [1.82, 2.24) is 9.21 Å². The minimum Gasteiger partial charge on any atom is -0.339 e. The number of amides is 1. The molecule has 0 aromatic heterocycles. The molecule has 0 saturated carbocycles. The first-order valence-corrected chi connectivity index (χ1v) is 10.8. The maximum absolute atomic E-state index is 12.9. The first-order chi connectivity index (χ1) is 12.0. The molecule has 0 spiro atoms. The minimum atomic E-state index is -3.49. The second-order valence-corrected chi connectivity index (χ2v) is 8.58. The molecule has 1 aliphatic heterocycles. The fourth-order valence-corrected chi connectivity index (χ4v) is 4.63. The molecule has 0 bridgehead atoms. The normalized spacial score (nSPS) is 15.4. The van der Waals surface area contributed by atoms with Crippen molar-refractivity contribution in [2.75, 3.05) is 26.2 Å². The molecule has 140 valence electrons. The van der Waals surface area contributed by atoms with Crippen molar-refractivity contribution < 1.29 is 13.2 Å². The van der Waals surface area contributed by atoms with E-state index >= 15 is 0 Å². The van der Waals surface area contributed by atoms with Crippen LogP contribution in [0.25, 0.3) is 0 Å². The van der Waals surface area contributed by atoms with Gasteiger partial charge < -0.3 is 4.90 Å². The highest BCUT2D eigenvalue weighted by molar-refractivity contribution is 7.89. The van der Waals surface area contributed by atoms with Gasteiger partial charge in [-0.05, 0) is 43.9 Å². The highest BCUT2D eigenvalue weighted by atomic mass is 32.2. The first-order valence-electron chi connectivity index (χ1n) is 9.40. The number of nitrogens with zero attached hydrogens (tertiary/aromatic N) is 2. The zero-order valence-electron chi connectivity index (χ0n) is 15.4. The quantitative estimate of drug-likeness (QED) is 0.672. The summed E-state index contributed by atoms with van der Waals surface area (Å²) in [5.74, 6) is -0.0691. The molecule has 1 aliphatic rings. The van der Waals surface area contributed by atoms with Crippen molar-refractivity contribution in [1.29, 1.82) is 0 Å². The molecular weight excluding hydrogens is 336 g/mol. The number of rotatable bonds is 9. The van der Waals surface area contributed by atoms with Gasteiger partial charge in [0.25, 0.3) is 5.91 Å². The van der Waals surface area contributed by atoms with E-state index in [1.54, 1.807) is 24.3 Å². The van der Waals surface area contributed by atoms with Gasteiger partial charge in [-0.2, -0.15) is 4.31 Å². The van der Waals surface area contributed by atoms with E-state index < -0.39 is 10.0 Å². The molecule has 25 heavy (non-hydrogen) atoms. The van der Waals surface area contributed by atoms with Crippen LogP contribution in [0.15, 0.2) is 29.2 Å². The molecule has 1 amide bonds. The molecule has 0 radical (unpaired) electrons. The van der Waals surface area contributed by atoms with Gasteiger partial charge in [0.05, 0.1) is 4.90 Å². The van der Waals surface area contributed by atoms with E-state index in [4.69, 9.17) is 0 Å². The zero-order valence-corrected chi connectivity index (χ0v) is 16.2. The third-order valence-electron chi connectivity index (χ3n) is 4.63. The summed E-state index contributed by atoms with van der Waals surface area (Å²) in [6, 6.07) is 6.53. The average Bonchev–Trinajstić information content (AvgIpc) is 3.17. The topological polar surface area (TPSA) is 57.7 Å². The number of hydrogen-bond acceptors (Lipinski definition) is 3. The van der Waals surface area contributed by atoms with Gasteiger partial charge in [-0.3, -0.25) is 4.79 Å². The van der Waals surface area contributed by atoms with Crippen LogP contribution in [0.5, 0.6) is 0 Å². The molecule has 5 nitrogen and oxygen atoms in total. The Hall–Kier alpha value is -1.40. The van der Waals surface area contributed by atoms with Gasteiger partial charge in [-0.25, -0.2) is 8.42 Å². The average molecular weight is 367 g/mol. The van der Waals surface area contributed by atoms with Crippen molar-refractivity contribution in [3.8, 4) is 0 Å². The Bertz CT molecular complexity index is 659.